The van der Waals surface area contributed by atoms with Crippen molar-refractivity contribution in [1.29, 1.82) is 0 Å². The van der Waals surface area contributed by atoms with Crippen molar-refractivity contribution in [3.05, 3.63) is 46.9 Å². The van der Waals surface area contributed by atoms with Gasteiger partial charge in [0.1, 0.15) is 6.61 Å². The minimum atomic E-state index is -0.00917. The van der Waals surface area contributed by atoms with Crippen LogP contribution in [0.25, 0.3) is 0 Å². The van der Waals surface area contributed by atoms with Crippen LogP contribution in [0, 0.1) is 0 Å². The molecule has 0 amide bonds. The zero-order valence-electron chi connectivity index (χ0n) is 10.0. The number of hydrogen-bond donors (Lipinski definition) is 0. The van der Waals surface area contributed by atoms with Crippen molar-refractivity contribution in [2.45, 2.75) is 6.04 Å². The lowest BCUT2D eigenvalue weighted by Crippen LogP contribution is -2.27. The van der Waals surface area contributed by atoms with Gasteiger partial charge in [-0.2, -0.15) is 0 Å². The normalized spacial score (nSPS) is 11.8. The van der Waals surface area contributed by atoms with Crippen molar-refractivity contribution in [1.82, 2.24) is 4.98 Å². The molecule has 1 heterocycles. The van der Waals surface area contributed by atoms with Gasteiger partial charge >= 0.3 is 0 Å². The fourth-order valence-electron chi connectivity index (χ4n) is 1.75. The molecule has 18 heavy (non-hydrogen) atoms. The number of aromatic nitrogens is 1. The van der Waals surface area contributed by atoms with E-state index in [1.165, 1.54) is 0 Å². The average Bonchev–Trinajstić information content (AvgIpc) is 2.94. The first kappa shape index (κ1) is 12.6. The Morgan fingerprint density at radius 2 is 2.22 bits per heavy atom. The summed E-state index contributed by atoms with van der Waals surface area (Å²) >= 11 is 1.56. The number of carbonyl (C=O) groups is 1. The van der Waals surface area contributed by atoms with Crippen LogP contribution in [0.1, 0.15) is 10.9 Å². The fourth-order valence-corrected chi connectivity index (χ4v) is 2.50. The van der Waals surface area contributed by atoms with E-state index in [1.54, 1.807) is 16.8 Å². The molecular formula is C13H14N2O2S. The van der Waals surface area contributed by atoms with Gasteiger partial charge in [-0.3, -0.25) is 9.78 Å². The second-order valence-electron chi connectivity index (χ2n) is 3.80. The Morgan fingerprint density at radius 1 is 1.44 bits per heavy atom. The predicted octanol–water partition coefficient (Wildman–Crippen LogP) is 2.49. The third kappa shape index (κ3) is 2.87. The van der Waals surface area contributed by atoms with Gasteiger partial charge in [-0.05, 0) is 12.1 Å². The van der Waals surface area contributed by atoms with Gasteiger partial charge in [0.15, 0.2) is 0 Å². The van der Waals surface area contributed by atoms with Crippen LogP contribution in [-0.4, -0.2) is 25.1 Å². The van der Waals surface area contributed by atoms with Gasteiger partial charge in [-0.1, -0.05) is 18.2 Å². The highest BCUT2D eigenvalue weighted by molar-refractivity contribution is 7.09. The molecule has 4 nitrogen and oxygen atoms in total. The van der Waals surface area contributed by atoms with E-state index in [1.807, 2.05) is 43.6 Å². The van der Waals surface area contributed by atoms with Gasteiger partial charge < -0.3 is 9.64 Å². The van der Waals surface area contributed by atoms with Crippen molar-refractivity contribution < 1.29 is 9.53 Å². The van der Waals surface area contributed by atoms with Crippen LogP contribution >= 0.6 is 11.3 Å². The van der Waals surface area contributed by atoms with Crippen molar-refractivity contribution in [3.63, 3.8) is 0 Å². The first-order valence-corrected chi connectivity index (χ1v) is 6.42. The second-order valence-corrected chi connectivity index (χ2v) is 4.71. The van der Waals surface area contributed by atoms with Crippen LogP contribution in [0.4, 0.5) is 5.69 Å². The molecule has 2 rings (SSSR count). The molecule has 0 fully saturated rings. The Balaban J connectivity index is 2.21. The van der Waals surface area contributed by atoms with Crippen molar-refractivity contribution in [3.8, 4) is 0 Å². The van der Waals surface area contributed by atoms with Crippen molar-refractivity contribution in [2.24, 2.45) is 0 Å². The quantitative estimate of drug-likeness (QED) is 0.750. The summed E-state index contributed by atoms with van der Waals surface area (Å²) in [6, 6.07) is 9.97. The van der Waals surface area contributed by atoms with E-state index in [2.05, 4.69) is 9.88 Å². The zero-order valence-corrected chi connectivity index (χ0v) is 10.8. The third-order valence-corrected chi connectivity index (χ3v) is 3.61. The first-order valence-electron chi connectivity index (χ1n) is 5.54. The summed E-state index contributed by atoms with van der Waals surface area (Å²) < 4.78 is 4.92. The molecule has 0 aliphatic heterocycles. The van der Waals surface area contributed by atoms with Gasteiger partial charge in [-0.25, -0.2) is 0 Å². The number of thiazole rings is 1. The summed E-state index contributed by atoms with van der Waals surface area (Å²) in [6.07, 6.45) is 1.81. The SMILES string of the molecule is CN(c1ccccc1)C(COC=O)c1cncs1. The number of hydrogen-bond acceptors (Lipinski definition) is 5. The fraction of sp³-hybridized carbons (Fsp3) is 0.231. The summed E-state index contributed by atoms with van der Waals surface area (Å²) in [5.41, 5.74) is 2.85. The summed E-state index contributed by atoms with van der Waals surface area (Å²) in [7, 11) is 1.98. The van der Waals surface area contributed by atoms with Gasteiger partial charge in [0.2, 0.25) is 0 Å². The van der Waals surface area contributed by atoms with Crippen LogP contribution < -0.4 is 4.90 Å². The highest BCUT2D eigenvalue weighted by Crippen LogP contribution is 2.27. The Hall–Kier alpha value is -1.88. The van der Waals surface area contributed by atoms with Gasteiger partial charge in [0, 0.05) is 18.9 Å². The topological polar surface area (TPSA) is 42.4 Å². The largest absolute Gasteiger partial charge is 0.465 e. The maximum absolute atomic E-state index is 10.4. The number of likely N-dealkylation sites (N-methyl/N-ethyl adjacent to an activating group) is 1. The monoisotopic (exact) mass is 262 g/mol. The predicted molar refractivity (Wildman–Crippen MR) is 71.7 cm³/mol. The molecule has 5 heteroatoms. The lowest BCUT2D eigenvalue weighted by Gasteiger charge is -2.28. The Bertz CT molecular complexity index is 473. The lowest BCUT2D eigenvalue weighted by molar-refractivity contribution is -0.129. The molecule has 94 valence electrons. The maximum Gasteiger partial charge on any atom is 0.293 e. The van der Waals surface area contributed by atoms with E-state index in [9.17, 15) is 4.79 Å². The summed E-state index contributed by atoms with van der Waals surface area (Å²) in [4.78, 5) is 17.6. The lowest BCUT2D eigenvalue weighted by atomic mass is 10.2. The maximum atomic E-state index is 10.4. The molecule has 0 saturated heterocycles. The third-order valence-electron chi connectivity index (χ3n) is 2.73. The number of benzene rings is 1. The summed E-state index contributed by atoms with van der Waals surface area (Å²) in [5.74, 6) is 0. The van der Waals surface area contributed by atoms with E-state index in [0.29, 0.717) is 13.1 Å². The molecule has 1 atom stereocenters. The minimum absolute atomic E-state index is 0.00917. The number of para-hydroxylation sites is 1. The molecule has 0 bridgehead atoms. The van der Waals surface area contributed by atoms with Crippen LogP contribution in [0.15, 0.2) is 42.0 Å². The molecule has 0 spiro atoms. The molecule has 0 radical (unpaired) electrons. The molecule has 2 aromatic rings. The van der Waals surface area contributed by atoms with E-state index >= 15 is 0 Å². The number of anilines is 1. The highest BCUT2D eigenvalue weighted by Gasteiger charge is 2.19. The summed E-state index contributed by atoms with van der Waals surface area (Å²) in [6.45, 7) is 0.796. The molecule has 0 N–H and O–H groups in total. The number of carbonyl (C=O) groups excluding carboxylic acids is 1. The zero-order chi connectivity index (χ0) is 12.8. The molecule has 1 aromatic heterocycles. The Morgan fingerprint density at radius 3 is 2.83 bits per heavy atom. The van der Waals surface area contributed by atoms with Gasteiger partial charge in [0.25, 0.3) is 6.47 Å². The van der Waals surface area contributed by atoms with Gasteiger partial charge in [-0.15, -0.1) is 11.3 Å². The second kappa shape index (κ2) is 6.16. The highest BCUT2D eigenvalue weighted by atomic mass is 32.1. The smallest absolute Gasteiger partial charge is 0.293 e. The van der Waals surface area contributed by atoms with Crippen molar-refractivity contribution in [2.75, 3.05) is 18.6 Å². The van der Waals surface area contributed by atoms with E-state index in [4.69, 9.17) is 4.74 Å². The number of ether oxygens (including phenoxy) is 1. The molecule has 1 aromatic carbocycles. The first-order chi connectivity index (χ1) is 8.83. The Kier molecular flexibility index (Phi) is 4.30. The van der Waals surface area contributed by atoms with E-state index < -0.39 is 0 Å². The standard InChI is InChI=1S/C13H14N2O2S/c1-15(11-5-3-2-4-6-11)12(8-17-10-16)13-7-14-9-18-13/h2-7,9-10,12H,8H2,1H3. The Labute approximate surface area is 110 Å². The van der Waals surface area contributed by atoms with Gasteiger partial charge in [0.05, 0.1) is 16.4 Å². The molecular weight excluding hydrogens is 248 g/mol. The number of nitrogens with zero attached hydrogens (tertiary/aromatic N) is 2. The van der Waals surface area contributed by atoms with Crippen LogP contribution in [0.3, 0.4) is 0 Å². The molecule has 1 unspecified atom stereocenters. The molecule has 0 aliphatic carbocycles. The van der Waals surface area contributed by atoms with Crippen LogP contribution in [-0.2, 0) is 9.53 Å². The number of rotatable bonds is 6. The molecule has 0 aliphatic rings. The van der Waals surface area contributed by atoms with E-state index in [0.717, 1.165) is 10.6 Å². The van der Waals surface area contributed by atoms with Crippen LogP contribution in [0.5, 0.6) is 0 Å². The summed E-state index contributed by atoms with van der Waals surface area (Å²) in [5, 5.41) is 0. The molecule has 0 saturated carbocycles. The van der Waals surface area contributed by atoms with E-state index in [-0.39, 0.29) is 6.04 Å². The van der Waals surface area contributed by atoms with Crippen molar-refractivity contribution >= 4 is 23.5 Å². The minimum Gasteiger partial charge on any atom is -0.465 e. The average molecular weight is 262 g/mol. The van der Waals surface area contributed by atoms with Crippen LogP contribution in [0.2, 0.25) is 0 Å².